The molecule has 0 aliphatic rings. The van der Waals surface area contributed by atoms with E-state index in [1.54, 1.807) is 27.8 Å². The smallest absolute Gasteiger partial charge is 0.242 e. The molecule has 0 saturated carbocycles. The van der Waals surface area contributed by atoms with Crippen LogP contribution in [0.15, 0.2) is 0 Å². The van der Waals surface area contributed by atoms with Gasteiger partial charge in [0.05, 0.1) is 11.1 Å². The zero-order chi connectivity index (χ0) is 12.3. The number of hydrogen-bond donors (Lipinski definition) is 2. The summed E-state index contributed by atoms with van der Waals surface area (Å²) < 4.78 is 0. The standard InChI is InChI=1S/C11H24N2O2/c1-6-7-11(4,12)9(14)13(5)8-10(2,3)15/h15H,6-8,12H2,1-5H3. The Hall–Kier alpha value is -0.610. The van der Waals surface area contributed by atoms with E-state index in [4.69, 9.17) is 5.73 Å². The molecule has 0 aliphatic carbocycles. The van der Waals surface area contributed by atoms with Crippen molar-refractivity contribution in [2.45, 2.75) is 51.7 Å². The summed E-state index contributed by atoms with van der Waals surface area (Å²) in [6, 6.07) is 0. The lowest BCUT2D eigenvalue weighted by atomic mass is 9.95. The summed E-state index contributed by atoms with van der Waals surface area (Å²) in [6.45, 7) is 7.37. The van der Waals surface area contributed by atoms with E-state index < -0.39 is 11.1 Å². The molecule has 0 saturated heterocycles. The van der Waals surface area contributed by atoms with E-state index >= 15 is 0 Å². The third kappa shape index (κ3) is 5.14. The lowest BCUT2D eigenvalue weighted by Gasteiger charge is -2.32. The van der Waals surface area contributed by atoms with Crippen molar-refractivity contribution in [3.05, 3.63) is 0 Å². The Bertz CT molecular complexity index is 219. The molecule has 0 radical (unpaired) electrons. The van der Waals surface area contributed by atoms with Crippen molar-refractivity contribution in [1.29, 1.82) is 0 Å². The highest BCUT2D eigenvalue weighted by Gasteiger charge is 2.31. The lowest BCUT2D eigenvalue weighted by Crippen LogP contribution is -2.54. The summed E-state index contributed by atoms with van der Waals surface area (Å²) >= 11 is 0. The van der Waals surface area contributed by atoms with Gasteiger partial charge in [-0.2, -0.15) is 0 Å². The highest BCUT2D eigenvalue weighted by atomic mass is 16.3. The second-order valence-electron chi connectivity index (χ2n) is 5.14. The van der Waals surface area contributed by atoms with Crippen LogP contribution in [-0.4, -0.2) is 40.6 Å². The molecule has 4 heteroatoms. The number of carbonyl (C=O) groups excluding carboxylic acids is 1. The molecule has 3 N–H and O–H groups in total. The molecule has 1 atom stereocenters. The van der Waals surface area contributed by atoms with Crippen LogP contribution >= 0.6 is 0 Å². The van der Waals surface area contributed by atoms with E-state index in [0.717, 1.165) is 6.42 Å². The van der Waals surface area contributed by atoms with Crippen LogP contribution in [-0.2, 0) is 4.79 Å². The van der Waals surface area contributed by atoms with E-state index in [2.05, 4.69) is 0 Å². The molecule has 0 aliphatic heterocycles. The second kappa shape index (κ2) is 4.94. The zero-order valence-electron chi connectivity index (χ0n) is 10.5. The van der Waals surface area contributed by atoms with Gasteiger partial charge in [0.1, 0.15) is 0 Å². The molecule has 90 valence electrons. The molecular weight excluding hydrogens is 192 g/mol. The van der Waals surface area contributed by atoms with Crippen molar-refractivity contribution in [1.82, 2.24) is 4.90 Å². The van der Waals surface area contributed by atoms with Gasteiger partial charge in [0, 0.05) is 13.6 Å². The Kier molecular flexibility index (Phi) is 4.74. The minimum absolute atomic E-state index is 0.119. The van der Waals surface area contributed by atoms with Crippen molar-refractivity contribution in [2.24, 2.45) is 5.73 Å². The number of hydrogen-bond acceptors (Lipinski definition) is 3. The second-order valence-corrected chi connectivity index (χ2v) is 5.14. The Balaban J connectivity index is 4.44. The molecule has 15 heavy (non-hydrogen) atoms. The van der Waals surface area contributed by atoms with E-state index in [-0.39, 0.29) is 5.91 Å². The van der Waals surface area contributed by atoms with Crippen LogP contribution in [0.2, 0.25) is 0 Å². The maximum absolute atomic E-state index is 11.9. The number of carbonyl (C=O) groups is 1. The predicted molar refractivity (Wildman–Crippen MR) is 61.4 cm³/mol. The fourth-order valence-electron chi connectivity index (χ4n) is 1.71. The fourth-order valence-corrected chi connectivity index (χ4v) is 1.71. The summed E-state index contributed by atoms with van der Waals surface area (Å²) in [6.07, 6.45) is 1.52. The summed E-state index contributed by atoms with van der Waals surface area (Å²) in [4.78, 5) is 13.4. The molecule has 1 unspecified atom stereocenters. The van der Waals surface area contributed by atoms with Crippen molar-refractivity contribution >= 4 is 5.91 Å². The Morgan fingerprint density at radius 3 is 2.20 bits per heavy atom. The molecule has 0 rings (SSSR count). The minimum Gasteiger partial charge on any atom is -0.389 e. The summed E-state index contributed by atoms with van der Waals surface area (Å²) in [7, 11) is 1.67. The first-order chi connectivity index (χ1) is 6.60. The number of aliphatic hydroxyl groups is 1. The Labute approximate surface area is 92.4 Å². The van der Waals surface area contributed by atoms with Gasteiger partial charge < -0.3 is 15.7 Å². The topological polar surface area (TPSA) is 66.6 Å². The largest absolute Gasteiger partial charge is 0.389 e. The maximum atomic E-state index is 11.9. The minimum atomic E-state index is -0.882. The number of likely N-dealkylation sites (N-methyl/N-ethyl adjacent to an activating group) is 1. The van der Waals surface area contributed by atoms with Crippen LogP contribution in [0.4, 0.5) is 0 Å². The zero-order valence-corrected chi connectivity index (χ0v) is 10.5. The monoisotopic (exact) mass is 216 g/mol. The van der Waals surface area contributed by atoms with Gasteiger partial charge in [-0.3, -0.25) is 4.79 Å². The van der Waals surface area contributed by atoms with Crippen LogP contribution in [0, 0.1) is 0 Å². The van der Waals surface area contributed by atoms with Crippen LogP contribution in [0.3, 0.4) is 0 Å². The molecule has 0 heterocycles. The first-order valence-corrected chi connectivity index (χ1v) is 5.37. The van der Waals surface area contributed by atoms with Crippen LogP contribution < -0.4 is 5.73 Å². The highest BCUT2D eigenvalue weighted by molar-refractivity contribution is 5.85. The van der Waals surface area contributed by atoms with Crippen molar-refractivity contribution in [3.8, 4) is 0 Å². The first kappa shape index (κ1) is 14.4. The Morgan fingerprint density at radius 2 is 1.87 bits per heavy atom. The molecular formula is C11H24N2O2. The molecule has 4 nitrogen and oxygen atoms in total. The van der Waals surface area contributed by atoms with Crippen LogP contribution in [0.5, 0.6) is 0 Å². The van der Waals surface area contributed by atoms with Gasteiger partial charge in [-0.05, 0) is 27.2 Å². The van der Waals surface area contributed by atoms with Crippen molar-refractivity contribution in [3.63, 3.8) is 0 Å². The molecule has 0 aromatic carbocycles. The van der Waals surface area contributed by atoms with Crippen molar-refractivity contribution in [2.75, 3.05) is 13.6 Å². The highest BCUT2D eigenvalue weighted by Crippen LogP contribution is 2.13. The quantitative estimate of drug-likeness (QED) is 0.712. The molecule has 0 bridgehead atoms. The van der Waals surface area contributed by atoms with E-state index in [9.17, 15) is 9.90 Å². The van der Waals surface area contributed by atoms with Gasteiger partial charge >= 0.3 is 0 Å². The molecule has 1 amide bonds. The van der Waals surface area contributed by atoms with E-state index in [1.807, 2.05) is 6.92 Å². The third-order valence-electron chi connectivity index (χ3n) is 2.23. The predicted octanol–water partition coefficient (Wildman–Crippen LogP) is 0.733. The first-order valence-electron chi connectivity index (χ1n) is 5.37. The van der Waals surface area contributed by atoms with Crippen LogP contribution in [0.25, 0.3) is 0 Å². The SMILES string of the molecule is CCCC(C)(N)C(=O)N(C)CC(C)(C)O. The molecule has 0 aromatic rings. The van der Waals surface area contributed by atoms with Gasteiger partial charge in [-0.1, -0.05) is 13.3 Å². The lowest BCUT2D eigenvalue weighted by molar-refractivity contribution is -0.138. The number of nitrogens with zero attached hydrogens (tertiary/aromatic N) is 1. The number of rotatable bonds is 5. The maximum Gasteiger partial charge on any atom is 0.242 e. The summed E-state index contributed by atoms with van der Waals surface area (Å²) in [5.74, 6) is -0.119. The van der Waals surface area contributed by atoms with Gasteiger partial charge in [0.15, 0.2) is 0 Å². The van der Waals surface area contributed by atoms with E-state index in [1.165, 1.54) is 4.90 Å². The summed E-state index contributed by atoms with van der Waals surface area (Å²) in [5.41, 5.74) is 4.21. The average molecular weight is 216 g/mol. The van der Waals surface area contributed by atoms with Crippen molar-refractivity contribution < 1.29 is 9.90 Å². The fraction of sp³-hybridized carbons (Fsp3) is 0.909. The molecule has 0 aromatic heterocycles. The normalized spacial score (nSPS) is 15.9. The van der Waals surface area contributed by atoms with Crippen LogP contribution in [0.1, 0.15) is 40.5 Å². The molecule has 0 spiro atoms. The average Bonchev–Trinajstić information content (AvgIpc) is 1.99. The molecule has 0 fully saturated rings. The third-order valence-corrected chi connectivity index (χ3v) is 2.23. The number of amides is 1. The van der Waals surface area contributed by atoms with E-state index in [0.29, 0.717) is 13.0 Å². The van der Waals surface area contributed by atoms with Gasteiger partial charge in [0.2, 0.25) is 5.91 Å². The van der Waals surface area contributed by atoms with Gasteiger partial charge in [0.25, 0.3) is 0 Å². The summed E-state index contributed by atoms with van der Waals surface area (Å²) in [5, 5.41) is 9.60. The van der Waals surface area contributed by atoms with Gasteiger partial charge in [-0.25, -0.2) is 0 Å². The van der Waals surface area contributed by atoms with Gasteiger partial charge in [-0.15, -0.1) is 0 Å². The Morgan fingerprint density at radius 1 is 1.40 bits per heavy atom. The number of nitrogens with two attached hydrogens (primary N) is 1.